The normalized spacial score (nSPS) is 30.4. The molecule has 0 aromatic rings. The predicted molar refractivity (Wildman–Crippen MR) is 92.7 cm³/mol. The highest BCUT2D eigenvalue weighted by Gasteiger charge is 2.88. The third kappa shape index (κ3) is 4.44. The fraction of sp³-hybridized carbons (Fsp3) is 0.737. The number of halogens is 6. The van der Waals surface area contributed by atoms with Crippen molar-refractivity contribution in [1.82, 2.24) is 0 Å². The molecule has 2 rings (SSSR count). The zero-order valence-electron chi connectivity index (χ0n) is 17.2. The number of rotatable bonds is 6. The summed E-state index contributed by atoms with van der Waals surface area (Å²) in [6, 6.07) is 0. The van der Waals surface area contributed by atoms with Gasteiger partial charge in [-0.25, -0.2) is 4.79 Å². The van der Waals surface area contributed by atoms with E-state index in [0.29, 0.717) is 26.7 Å². The maximum Gasteiger partial charge on any atom is 0.462 e. The molecule has 3 atom stereocenters. The van der Waals surface area contributed by atoms with Crippen molar-refractivity contribution in [2.45, 2.75) is 75.5 Å². The second-order valence-electron chi connectivity index (χ2n) is 7.76. The molecule has 1 aliphatic carbocycles. The van der Waals surface area contributed by atoms with E-state index in [0.717, 1.165) is 6.42 Å². The lowest BCUT2D eigenvalue weighted by Gasteiger charge is -2.38. The van der Waals surface area contributed by atoms with E-state index in [1.165, 1.54) is 0 Å². The molecule has 2 aliphatic rings. The summed E-state index contributed by atoms with van der Waals surface area (Å²) in [7, 11) is 0. The minimum absolute atomic E-state index is 0.138. The standard InChI is InChI=1S/C19H22F6O7/c1-10(20)14(27)29-9-13-16(3,30-11(2)26)17(21,22)18(31-13,19(23,24)25)32-15(28)12-7-5-4-6-8-12/h12-13H,1,4-9H2,2-3H3. The first kappa shape index (κ1) is 25.9. The van der Waals surface area contributed by atoms with Crippen molar-refractivity contribution in [1.29, 1.82) is 0 Å². The Balaban J connectivity index is 2.49. The number of carbonyl (C=O) groups is 3. The van der Waals surface area contributed by atoms with Crippen LogP contribution < -0.4 is 0 Å². The fourth-order valence-electron chi connectivity index (χ4n) is 3.72. The van der Waals surface area contributed by atoms with E-state index >= 15 is 8.78 Å². The van der Waals surface area contributed by atoms with Crippen molar-refractivity contribution in [2.24, 2.45) is 5.92 Å². The molecule has 7 nitrogen and oxygen atoms in total. The number of hydrogen-bond donors (Lipinski definition) is 0. The lowest BCUT2D eigenvalue weighted by molar-refractivity contribution is -0.413. The van der Waals surface area contributed by atoms with Gasteiger partial charge in [-0.05, 0) is 19.8 Å². The van der Waals surface area contributed by atoms with E-state index < -0.39 is 65.9 Å². The van der Waals surface area contributed by atoms with Gasteiger partial charge in [0.2, 0.25) is 11.4 Å². The molecule has 0 amide bonds. The van der Waals surface area contributed by atoms with Gasteiger partial charge in [0.25, 0.3) is 0 Å². The van der Waals surface area contributed by atoms with Gasteiger partial charge in [-0.15, -0.1) is 0 Å². The van der Waals surface area contributed by atoms with Crippen molar-refractivity contribution >= 4 is 17.9 Å². The number of ether oxygens (including phenoxy) is 4. The molecule has 1 saturated heterocycles. The zero-order valence-corrected chi connectivity index (χ0v) is 17.2. The summed E-state index contributed by atoms with van der Waals surface area (Å²) >= 11 is 0. The van der Waals surface area contributed by atoms with Crippen LogP contribution >= 0.6 is 0 Å². The average Bonchev–Trinajstić information content (AvgIpc) is 2.84. The van der Waals surface area contributed by atoms with Crippen LogP contribution in [0.2, 0.25) is 0 Å². The molecular weight excluding hydrogens is 454 g/mol. The molecule has 1 saturated carbocycles. The first-order valence-corrected chi connectivity index (χ1v) is 9.65. The minimum atomic E-state index is -6.00. The number of esters is 3. The Morgan fingerprint density at radius 1 is 1.09 bits per heavy atom. The van der Waals surface area contributed by atoms with Crippen LogP contribution in [0.3, 0.4) is 0 Å². The van der Waals surface area contributed by atoms with Crippen molar-refractivity contribution in [3.05, 3.63) is 12.4 Å². The van der Waals surface area contributed by atoms with Crippen molar-refractivity contribution in [2.75, 3.05) is 6.61 Å². The van der Waals surface area contributed by atoms with E-state index in [9.17, 15) is 31.9 Å². The van der Waals surface area contributed by atoms with Crippen molar-refractivity contribution in [3.8, 4) is 0 Å². The van der Waals surface area contributed by atoms with Crippen LogP contribution in [-0.4, -0.2) is 54.1 Å². The van der Waals surface area contributed by atoms with Gasteiger partial charge >= 0.3 is 35.8 Å². The van der Waals surface area contributed by atoms with E-state index in [1.54, 1.807) is 0 Å². The molecule has 182 valence electrons. The van der Waals surface area contributed by atoms with Gasteiger partial charge in [-0.1, -0.05) is 25.8 Å². The second-order valence-corrected chi connectivity index (χ2v) is 7.76. The number of hydrogen-bond acceptors (Lipinski definition) is 7. The molecule has 0 radical (unpaired) electrons. The molecular formula is C19H22F6O7. The Hall–Kier alpha value is -2.31. The predicted octanol–water partition coefficient (Wildman–Crippen LogP) is 3.75. The van der Waals surface area contributed by atoms with Gasteiger partial charge in [0.15, 0.2) is 0 Å². The van der Waals surface area contributed by atoms with Crippen molar-refractivity contribution in [3.63, 3.8) is 0 Å². The maximum atomic E-state index is 15.4. The molecule has 1 aliphatic heterocycles. The van der Waals surface area contributed by atoms with Crippen LogP contribution in [0, 0.1) is 5.92 Å². The Kier molecular flexibility index (Phi) is 7.22. The second kappa shape index (κ2) is 8.91. The lowest BCUT2D eigenvalue weighted by atomic mass is 9.88. The zero-order chi connectivity index (χ0) is 24.5. The van der Waals surface area contributed by atoms with E-state index in [-0.39, 0.29) is 12.8 Å². The molecule has 0 N–H and O–H groups in total. The first-order chi connectivity index (χ1) is 14.6. The van der Waals surface area contributed by atoms with E-state index in [4.69, 9.17) is 0 Å². The summed E-state index contributed by atoms with van der Waals surface area (Å²) in [6.07, 6.45) is -6.49. The summed E-state index contributed by atoms with van der Waals surface area (Å²) in [5.41, 5.74) is -3.40. The molecule has 0 aromatic carbocycles. The van der Waals surface area contributed by atoms with Gasteiger partial charge in [-0.3, -0.25) is 9.59 Å². The molecule has 0 aromatic heterocycles. The van der Waals surface area contributed by atoms with Gasteiger partial charge < -0.3 is 18.9 Å². The summed E-state index contributed by atoms with van der Waals surface area (Å²) in [5, 5.41) is 0. The van der Waals surface area contributed by atoms with Crippen LogP contribution in [0.25, 0.3) is 0 Å². The Morgan fingerprint density at radius 2 is 1.66 bits per heavy atom. The van der Waals surface area contributed by atoms with Gasteiger partial charge in [0.1, 0.15) is 12.7 Å². The minimum Gasteiger partial charge on any atom is -0.457 e. The first-order valence-electron chi connectivity index (χ1n) is 9.65. The molecule has 3 unspecified atom stereocenters. The van der Waals surface area contributed by atoms with Crippen LogP contribution in [0.5, 0.6) is 0 Å². The number of carbonyl (C=O) groups excluding carboxylic acids is 3. The SMILES string of the molecule is C=C(F)C(=O)OCC1OC(OC(=O)C2CCCCC2)(C(F)(F)F)C(F)(F)C1(C)OC(C)=O. The number of alkyl halides is 5. The summed E-state index contributed by atoms with van der Waals surface area (Å²) in [5.74, 6) is -17.5. The highest BCUT2D eigenvalue weighted by molar-refractivity contribution is 5.85. The Labute approximate surface area is 179 Å². The third-order valence-corrected chi connectivity index (χ3v) is 5.46. The summed E-state index contributed by atoms with van der Waals surface area (Å²) in [4.78, 5) is 35.1. The summed E-state index contributed by atoms with van der Waals surface area (Å²) in [6.45, 7) is 2.27. The molecule has 0 spiro atoms. The van der Waals surface area contributed by atoms with Crippen LogP contribution in [0.4, 0.5) is 26.3 Å². The van der Waals surface area contributed by atoms with Crippen LogP contribution in [0.15, 0.2) is 12.4 Å². The van der Waals surface area contributed by atoms with E-state index in [2.05, 4.69) is 25.5 Å². The maximum absolute atomic E-state index is 15.4. The lowest BCUT2D eigenvalue weighted by Crippen LogP contribution is -2.66. The van der Waals surface area contributed by atoms with E-state index in [1.807, 2.05) is 0 Å². The largest absolute Gasteiger partial charge is 0.462 e. The van der Waals surface area contributed by atoms with Gasteiger partial charge in [0, 0.05) is 6.92 Å². The van der Waals surface area contributed by atoms with Gasteiger partial charge in [-0.2, -0.15) is 26.3 Å². The quantitative estimate of drug-likeness (QED) is 0.250. The highest BCUT2D eigenvalue weighted by Crippen LogP contribution is 2.59. The molecule has 1 heterocycles. The van der Waals surface area contributed by atoms with Gasteiger partial charge in [0.05, 0.1) is 5.92 Å². The smallest absolute Gasteiger partial charge is 0.457 e. The highest BCUT2D eigenvalue weighted by atomic mass is 19.4. The monoisotopic (exact) mass is 476 g/mol. The Bertz CT molecular complexity index is 777. The summed E-state index contributed by atoms with van der Waals surface area (Å²) < 4.78 is 103. The van der Waals surface area contributed by atoms with Crippen LogP contribution in [-0.2, 0) is 33.3 Å². The van der Waals surface area contributed by atoms with Crippen molar-refractivity contribution < 1.29 is 59.7 Å². The fourth-order valence-corrected chi connectivity index (χ4v) is 3.72. The molecule has 32 heavy (non-hydrogen) atoms. The average molecular weight is 476 g/mol. The van der Waals surface area contributed by atoms with Crippen LogP contribution in [0.1, 0.15) is 46.0 Å². The topological polar surface area (TPSA) is 88.1 Å². The molecule has 2 fully saturated rings. The Morgan fingerprint density at radius 3 is 2.12 bits per heavy atom. The third-order valence-electron chi connectivity index (χ3n) is 5.46. The molecule has 0 bridgehead atoms. The molecule has 13 heteroatoms.